The number of nitrogens with one attached hydrogen (secondary N) is 1. The van der Waals surface area contributed by atoms with Crippen LogP contribution in [0.5, 0.6) is 11.6 Å². The van der Waals surface area contributed by atoms with Crippen LogP contribution in [-0.2, 0) is 9.59 Å². The summed E-state index contributed by atoms with van der Waals surface area (Å²) in [6.45, 7) is 2.85. The van der Waals surface area contributed by atoms with Gasteiger partial charge in [-0.3, -0.25) is 9.59 Å². The molecule has 1 aliphatic heterocycles. The van der Waals surface area contributed by atoms with Gasteiger partial charge < -0.3 is 19.7 Å². The molecule has 7 nitrogen and oxygen atoms in total. The number of ether oxygens (including phenoxy) is 2. The Hall–Kier alpha value is -3.09. The van der Waals surface area contributed by atoms with Crippen molar-refractivity contribution >= 4 is 23.2 Å². The minimum atomic E-state index is -0.406. The van der Waals surface area contributed by atoms with Crippen molar-refractivity contribution in [3.63, 3.8) is 0 Å². The first kappa shape index (κ1) is 17.7. The lowest BCUT2D eigenvalue weighted by molar-refractivity contribution is -0.122. The summed E-state index contributed by atoms with van der Waals surface area (Å²) in [6, 6.07) is 10.7. The first-order valence-corrected chi connectivity index (χ1v) is 8.45. The van der Waals surface area contributed by atoms with E-state index in [4.69, 9.17) is 9.47 Å². The zero-order valence-corrected chi connectivity index (χ0v) is 14.8. The normalized spacial score (nSPS) is 16.5. The van der Waals surface area contributed by atoms with E-state index in [0.717, 1.165) is 11.4 Å². The molecule has 0 aliphatic carbocycles. The highest BCUT2D eigenvalue weighted by Crippen LogP contribution is 2.27. The zero-order chi connectivity index (χ0) is 18.5. The molecule has 1 saturated heterocycles. The lowest BCUT2D eigenvalue weighted by Crippen LogP contribution is -2.28. The van der Waals surface area contributed by atoms with Crippen molar-refractivity contribution in [1.29, 1.82) is 0 Å². The van der Waals surface area contributed by atoms with Gasteiger partial charge in [-0.25, -0.2) is 4.98 Å². The van der Waals surface area contributed by atoms with E-state index in [1.807, 2.05) is 31.2 Å². The van der Waals surface area contributed by atoms with Crippen molar-refractivity contribution in [3.05, 3.63) is 42.6 Å². The van der Waals surface area contributed by atoms with E-state index < -0.39 is 5.92 Å². The number of pyridine rings is 1. The van der Waals surface area contributed by atoms with Crippen LogP contribution < -0.4 is 19.7 Å². The van der Waals surface area contributed by atoms with Crippen molar-refractivity contribution in [2.45, 2.75) is 13.3 Å². The van der Waals surface area contributed by atoms with Gasteiger partial charge in [0.2, 0.25) is 17.7 Å². The van der Waals surface area contributed by atoms with Gasteiger partial charge in [-0.05, 0) is 37.3 Å². The molecule has 1 atom stereocenters. The molecule has 0 spiro atoms. The second-order valence-electron chi connectivity index (χ2n) is 5.91. The third-order valence-corrected chi connectivity index (χ3v) is 4.17. The van der Waals surface area contributed by atoms with Gasteiger partial charge in [-0.15, -0.1) is 0 Å². The second kappa shape index (κ2) is 7.86. The summed E-state index contributed by atoms with van der Waals surface area (Å²) in [5.74, 6) is 0.557. The summed E-state index contributed by atoms with van der Waals surface area (Å²) in [7, 11) is 1.53. The maximum absolute atomic E-state index is 12.5. The Labute approximate surface area is 151 Å². The predicted molar refractivity (Wildman–Crippen MR) is 97.5 cm³/mol. The summed E-state index contributed by atoms with van der Waals surface area (Å²) in [4.78, 5) is 30.5. The summed E-state index contributed by atoms with van der Waals surface area (Å²) in [5, 5.41) is 2.80. The molecule has 0 unspecified atom stereocenters. The van der Waals surface area contributed by atoms with Crippen LogP contribution >= 0.6 is 0 Å². The monoisotopic (exact) mass is 355 g/mol. The Balaban J connectivity index is 1.63. The minimum Gasteiger partial charge on any atom is -0.494 e. The van der Waals surface area contributed by atoms with Crippen molar-refractivity contribution in [2.75, 3.05) is 30.5 Å². The second-order valence-corrected chi connectivity index (χ2v) is 5.91. The molecule has 3 rings (SSSR count). The number of amides is 2. The molecule has 26 heavy (non-hydrogen) atoms. The standard InChI is InChI=1S/C19H21N3O4/c1-3-26-16-7-5-15(6-8-16)22-12-13(10-18(22)23)19(24)21-14-4-9-17(25-2)20-11-14/h4-9,11,13H,3,10,12H2,1-2H3,(H,21,24)/t13-/m0/s1. The Kier molecular flexibility index (Phi) is 5.36. The van der Waals surface area contributed by atoms with E-state index in [0.29, 0.717) is 24.7 Å². The largest absolute Gasteiger partial charge is 0.494 e. The SMILES string of the molecule is CCOc1ccc(N2C[C@@H](C(=O)Nc3ccc(OC)nc3)CC2=O)cc1. The summed E-state index contributed by atoms with van der Waals surface area (Å²) in [6.07, 6.45) is 1.71. The Morgan fingerprint density at radius 1 is 1.27 bits per heavy atom. The van der Waals surface area contributed by atoms with Crippen molar-refractivity contribution in [1.82, 2.24) is 4.98 Å². The Morgan fingerprint density at radius 2 is 2.04 bits per heavy atom. The molecule has 2 amide bonds. The van der Waals surface area contributed by atoms with Gasteiger partial charge in [-0.2, -0.15) is 0 Å². The van der Waals surface area contributed by atoms with Gasteiger partial charge in [0.1, 0.15) is 5.75 Å². The van der Waals surface area contributed by atoms with Gasteiger partial charge in [0.25, 0.3) is 0 Å². The van der Waals surface area contributed by atoms with Crippen LogP contribution in [0, 0.1) is 5.92 Å². The molecule has 1 fully saturated rings. The quantitative estimate of drug-likeness (QED) is 0.861. The highest BCUT2D eigenvalue weighted by molar-refractivity contribution is 6.03. The molecule has 0 radical (unpaired) electrons. The number of hydrogen-bond donors (Lipinski definition) is 1. The van der Waals surface area contributed by atoms with Gasteiger partial charge in [0.15, 0.2) is 0 Å². The zero-order valence-electron chi connectivity index (χ0n) is 14.8. The van der Waals surface area contributed by atoms with Gasteiger partial charge >= 0.3 is 0 Å². The number of rotatable bonds is 6. The van der Waals surface area contributed by atoms with Gasteiger partial charge in [0, 0.05) is 24.7 Å². The number of anilines is 2. The average Bonchev–Trinajstić information content (AvgIpc) is 3.05. The van der Waals surface area contributed by atoms with E-state index >= 15 is 0 Å². The highest BCUT2D eigenvalue weighted by atomic mass is 16.5. The van der Waals surface area contributed by atoms with Crippen LogP contribution in [0.15, 0.2) is 42.6 Å². The van der Waals surface area contributed by atoms with E-state index in [9.17, 15) is 9.59 Å². The average molecular weight is 355 g/mol. The summed E-state index contributed by atoms with van der Waals surface area (Å²) >= 11 is 0. The fourth-order valence-electron chi connectivity index (χ4n) is 2.84. The lowest BCUT2D eigenvalue weighted by Gasteiger charge is -2.17. The van der Waals surface area contributed by atoms with Crippen LogP contribution in [0.4, 0.5) is 11.4 Å². The van der Waals surface area contributed by atoms with Crippen molar-refractivity contribution in [3.8, 4) is 11.6 Å². The number of benzene rings is 1. The van der Waals surface area contributed by atoms with Crippen LogP contribution in [-0.4, -0.2) is 37.1 Å². The summed E-state index contributed by atoms with van der Waals surface area (Å²) in [5.41, 5.74) is 1.34. The molecule has 1 N–H and O–H groups in total. The third kappa shape index (κ3) is 3.93. The number of carbonyl (C=O) groups is 2. The Morgan fingerprint density at radius 3 is 2.65 bits per heavy atom. The van der Waals surface area contributed by atoms with E-state index in [2.05, 4.69) is 10.3 Å². The van der Waals surface area contributed by atoms with Crippen LogP contribution in [0.1, 0.15) is 13.3 Å². The van der Waals surface area contributed by atoms with E-state index in [1.54, 1.807) is 17.0 Å². The molecule has 2 heterocycles. The molecular formula is C19H21N3O4. The van der Waals surface area contributed by atoms with Crippen molar-refractivity contribution < 1.29 is 19.1 Å². The molecule has 0 bridgehead atoms. The highest BCUT2D eigenvalue weighted by Gasteiger charge is 2.35. The molecule has 2 aromatic rings. The maximum atomic E-state index is 12.5. The van der Waals surface area contributed by atoms with Crippen molar-refractivity contribution in [2.24, 2.45) is 5.92 Å². The van der Waals surface area contributed by atoms with Crippen LogP contribution in [0.25, 0.3) is 0 Å². The first-order valence-electron chi connectivity index (χ1n) is 8.45. The first-order chi connectivity index (χ1) is 12.6. The molecule has 0 saturated carbocycles. The molecule has 1 aliphatic rings. The van der Waals surface area contributed by atoms with Gasteiger partial charge in [-0.1, -0.05) is 0 Å². The van der Waals surface area contributed by atoms with Crippen LogP contribution in [0.3, 0.4) is 0 Å². The van der Waals surface area contributed by atoms with Gasteiger partial charge in [0.05, 0.1) is 31.5 Å². The number of carbonyl (C=O) groups excluding carboxylic acids is 2. The fourth-order valence-corrected chi connectivity index (χ4v) is 2.84. The molecule has 1 aromatic carbocycles. The fraction of sp³-hybridized carbons (Fsp3) is 0.316. The topological polar surface area (TPSA) is 80.8 Å². The molecule has 1 aromatic heterocycles. The number of hydrogen-bond acceptors (Lipinski definition) is 5. The lowest BCUT2D eigenvalue weighted by atomic mass is 10.1. The number of aromatic nitrogens is 1. The molecule has 136 valence electrons. The summed E-state index contributed by atoms with van der Waals surface area (Å²) < 4.78 is 10.4. The number of nitrogens with zero attached hydrogens (tertiary/aromatic N) is 2. The van der Waals surface area contributed by atoms with E-state index in [1.165, 1.54) is 13.3 Å². The molecule has 7 heteroatoms. The van der Waals surface area contributed by atoms with E-state index in [-0.39, 0.29) is 18.2 Å². The molecular weight excluding hydrogens is 334 g/mol. The number of methoxy groups -OCH3 is 1. The Bertz CT molecular complexity index is 774. The van der Waals surface area contributed by atoms with Crippen LogP contribution in [0.2, 0.25) is 0 Å². The minimum absolute atomic E-state index is 0.0674. The predicted octanol–water partition coefficient (Wildman–Crippen LogP) is 2.48. The maximum Gasteiger partial charge on any atom is 0.229 e. The third-order valence-electron chi connectivity index (χ3n) is 4.17. The smallest absolute Gasteiger partial charge is 0.229 e.